The van der Waals surface area contributed by atoms with Gasteiger partial charge in [-0.3, -0.25) is 0 Å². The van der Waals surface area contributed by atoms with Gasteiger partial charge < -0.3 is 0 Å². The lowest BCUT2D eigenvalue weighted by atomic mass is 10.1. The Hall–Kier alpha value is 1.74. The molecule has 0 heterocycles. The first kappa shape index (κ1) is 18.7. The van der Waals surface area contributed by atoms with Gasteiger partial charge in [-0.15, -0.1) is 34.8 Å². The fourth-order valence-corrected chi connectivity index (χ4v) is 3.01. The van der Waals surface area contributed by atoms with Gasteiger partial charge in [0, 0.05) is 23.1 Å². The molecule has 0 radical (unpaired) electrons. The highest BCUT2D eigenvalue weighted by Gasteiger charge is 2.23. The zero-order valence-corrected chi connectivity index (χ0v) is 14.1. The molecule has 0 fully saturated rings. The van der Waals surface area contributed by atoms with E-state index in [4.69, 9.17) is 69.6 Å². The Bertz CT molecular complexity index is 179. The van der Waals surface area contributed by atoms with E-state index in [1.165, 1.54) is 0 Å². The standard InChI is InChI=1S/C11H18Cl6/c12-8-10(14)6-4-2-1-3-5-9(13)7-11(15,16)17/h9-10H,1-8H2/t9-,10-/m1/s1. The molecule has 0 bridgehead atoms. The highest BCUT2D eigenvalue weighted by molar-refractivity contribution is 6.67. The molecule has 0 rings (SSSR count). The normalized spacial score (nSPS) is 15.9. The van der Waals surface area contributed by atoms with Crippen molar-refractivity contribution in [2.45, 2.75) is 59.5 Å². The number of hydrogen-bond acceptors (Lipinski definition) is 0. The Labute approximate surface area is 134 Å². The molecule has 0 aliphatic carbocycles. The Kier molecular flexibility index (Phi) is 11.6. The molecule has 0 saturated carbocycles. The first-order valence-corrected chi connectivity index (χ1v) is 8.30. The lowest BCUT2D eigenvalue weighted by Gasteiger charge is -2.15. The quantitative estimate of drug-likeness (QED) is 0.322. The van der Waals surface area contributed by atoms with Gasteiger partial charge in [-0.05, 0) is 12.8 Å². The Balaban J connectivity index is 3.34. The van der Waals surface area contributed by atoms with Gasteiger partial charge in [-0.25, -0.2) is 0 Å². The van der Waals surface area contributed by atoms with Crippen LogP contribution >= 0.6 is 69.6 Å². The molecule has 0 spiro atoms. The molecule has 0 aliphatic rings. The summed E-state index contributed by atoms with van der Waals surface area (Å²) in [5.41, 5.74) is 0. The van der Waals surface area contributed by atoms with Crippen LogP contribution < -0.4 is 0 Å². The van der Waals surface area contributed by atoms with Gasteiger partial charge in [-0.1, -0.05) is 60.5 Å². The van der Waals surface area contributed by atoms with Crippen molar-refractivity contribution in [2.24, 2.45) is 0 Å². The monoisotopic (exact) mass is 360 g/mol. The van der Waals surface area contributed by atoms with E-state index in [0.29, 0.717) is 12.3 Å². The van der Waals surface area contributed by atoms with Gasteiger partial charge in [0.25, 0.3) is 0 Å². The van der Waals surface area contributed by atoms with Gasteiger partial charge in [0.2, 0.25) is 0 Å². The summed E-state index contributed by atoms with van der Waals surface area (Å²) in [4.78, 5) is 0. The van der Waals surface area contributed by atoms with E-state index in [2.05, 4.69) is 0 Å². The second-order valence-electron chi connectivity index (χ2n) is 4.16. The maximum Gasteiger partial charge on any atom is 0.192 e. The van der Waals surface area contributed by atoms with E-state index in [1.807, 2.05) is 0 Å². The summed E-state index contributed by atoms with van der Waals surface area (Å²) < 4.78 is -1.24. The van der Waals surface area contributed by atoms with E-state index in [1.54, 1.807) is 0 Å². The minimum atomic E-state index is -1.24. The zero-order chi connectivity index (χ0) is 13.3. The van der Waals surface area contributed by atoms with Crippen LogP contribution in [0.25, 0.3) is 0 Å². The predicted molar refractivity (Wildman–Crippen MR) is 82.6 cm³/mol. The van der Waals surface area contributed by atoms with E-state index in [0.717, 1.165) is 38.5 Å². The van der Waals surface area contributed by atoms with Crippen molar-refractivity contribution in [2.75, 3.05) is 5.88 Å². The molecular formula is C11H18Cl6. The molecule has 6 heteroatoms. The second-order valence-corrected chi connectivity index (χ2v) is 8.22. The van der Waals surface area contributed by atoms with Crippen molar-refractivity contribution in [3.63, 3.8) is 0 Å². The summed E-state index contributed by atoms with van der Waals surface area (Å²) in [6.45, 7) is 0. The molecule has 0 saturated heterocycles. The maximum absolute atomic E-state index is 6.06. The van der Waals surface area contributed by atoms with E-state index in [9.17, 15) is 0 Å². The minimum absolute atomic E-state index is 0.0638. The summed E-state index contributed by atoms with van der Waals surface area (Å²) in [6, 6.07) is 0. The molecule has 0 aromatic heterocycles. The average Bonchev–Trinajstić information content (AvgIpc) is 2.20. The van der Waals surface area contributed by atoms with Crippen LogP contribution in [-0.4, -0.2) is 20.4 Å². The average molecular weight is 363 g/mol. The molecule has 17 heavy (non-hydrogen) atoms. The van der Waals surface area contributed by atoms with Crippen LogP contribution in [0.5, 0.6) is 0 Å². The first-order valence-electron chi connectivity index (χ1n) is 5.76. The minimum Gasteiger partial charge on any atom is -0.125 e. The molecule has 0 unspecified atom stereocenters. The van der Waals surface area contributed by atoms with Crippen LogP contribution in [0.4, 0.5) is 0 Å². The molecule has 2 atom stereocenters. The van der Waals surface area contributed by atoms with Crippen molar-refractivity contribution >= 4 is 69.6 Å². The molecule has 0 nitrogen and oxygen atoms in total. The fourth-order valence-electron chi connectivity index (χ4n) is 1.52. The fraction of sp³-hybridized carbons (Fsp3) is 1.00. The van der Waals surface area contributed by atoms with E-state index < -0.39 is 3.79 Å². The smallest absolute Gasteiger partial charge is 0.125 e. The molecule has 0 aliphatic heterocycles. The summed E-state index contributed by atoms with van der Waals surface area (Å²) in [6.07, 6.45) is 6.71. The Morgan fingerprint density at radius 2 is 1.24 bits per heavy atom. The van der Waals surface area contributed by atoms with Crippen molar-refractivity contribution in [1.82, 2.24) is 0 Å². The number of rotatable bonds is 9. The molecule has 0 aromatic carbocycles. The molecule has 104 valence electrons. The van der Waals surface area contributed by atoms with Crippen LogP contribution in [0.1, 0.15) is 44.9 Å². The number of hydrogen-bond donors (Lipinski definition) is 0. The third-order valence-electron chi connectivity index (χ3n) is 2.41. The third-order valence-corrected chi connectivity index (χ3v) is 4.14. The highest BCUT2D eigenvalue weighted by atomic mass is 35.6. The van der Waals surface area contributed by atoms with Crippen LogP contribution in [-0.2, 0) is 0 Å². The maximum atomic E-state index is 6.06. The summed E-state index contributed by atoms with van der Waals surface area (Å²) in [7, 11) is 0. The van der Waals surface area contributed by atoms with Crippen LogP contribution in [0, 0.1) is 0 Å². The van der Waals surface area contributed by atoms with Crippen molar-refractivity contribution in [1.29, 1.82) is 0 Å². The topological polar surface area (TPSA) is 0 Å². The summed E-state index contributed by atoms with van der Waals surface area (Å²) >= 11 is 34.6. The summed E-state index contributed by atoms with van der Waals surface area (Å²) in [5, 5.41) is 0.0351. The lowest BCUT2D eigenvalue weighted by molar-refractivity contribution is 0.572. The van der Waals surface area contributed by atoms with Crippen molar-refractivity contribution < 1.29 is 0 Å². The van der Waals surface area contributed by atoms with Gasteiger partial charge in [0.05, 0.1) is 0 Å². The van der Waals surface area contributed by atoms with Gasteiger partial charge >= 0.3 is 0 Å². The molecule has 0 amide bonds. The van der Waals surface area contributed by atoms with Crippen molar-refractivity contribution in [3.05, 3.63) is 0 Å². The number of alkyl halides is 6. The Morgan fingerprint density at radius 3 is 1.65 bits per heavy atom. The second kappa shape index (κ2) is 10.5. The van der Waals surface area contributed by atoms with Crippen LogP contribution in [0.15, 0.2) is 0 Å². The van der Waals surface area contributed by atoms with Gasteiger partial charge in [-0.2, -0.15) is 0 Å². The van der Waals surface area contributed by atoms with Gasteiger partial charge in [0.15, 0.2) is 3.79 Å². The molecule has 0 N–H and O–H groups in total. The van der Waals surface area contributed by atoms with Crippen LogP contribution in [0.3, 0.4) is 0 Å². The Morgan fingerprint density at radius 1 is 0.765 bits per heavy atom. The number of unbranched alkanes of at least 4 members (excludes halogenated alkanes) is 3. The molecule has 0 aromatic rings. The van der Waals surface area contributed by atoms with E-state index >= 15 is 0 Å². The van der Waals surface area contributed by atoms with E-state index in [-0.39, 0.29) is 10.8 Å². The lowest BCUT2D eigenvalue weighted by Crippen LogP contribution is -2.11. The van der Waals surface area contributed by atoms with Gasteiger partial charge in [0.1, 0.15) is 0 Å². The highest BCUT2D eigenvalue weighted by Crippen LogP contribution is 2.34. The predicted octanol–water partition coefficient (Wildman–Crippen LogP) is 6.54. The van der Waals surface area contributed by atoms with Crippen molar-refractivity contribution in [3.8, 4) is 0 Å². The molecular weight excluding hydrogens is 345 g/mol. The zero-order valence-electron chi connectivity index (χ0n) is 9.58. The SMILES string of the molecule is ClC[C@H](Cl)CCCCCC[C@@H](Cl)CC(Cl)(Cl)Cl. The number of halogens is 6. The first-order chi connectivity index (χ1) is 7.85. The third kappa shape index (κ3) is 14.0. The largest absolute Gasteiger partial charge is 0.192 e. The summed E-state index contributed by atoms with van der Waals surface area (Å²) in [5.74, 6) is 0.522. The van der Waals surface area contributed by atoms with Crippen LogP contribution in [0.2, 0.25) is 0 Å².